The molecule has 7 nitrogen and oxygen atoms in total. The highest BCUT2D eigenvalue weighted by Crippen LogP contribution is 2.22. The molecule has 3 rings (SSSR count). The number of sulfonamides is 1. The van der Waals surface area contributed by atoms with Crippen LogP contribution in [0.4, 0.5) is 10.1 Å². The van der Waals surface area contributed by atoms with Crippen LogP contribution in [-0.4, -0.2) is 50.0 Å². The fourth-order valence-electron chi connectivity index (χ4n) is 4.33. The minimum Gasteiger partial charge on any atom is -0.352 e. The van der Waals surface area contributed by atoms with E-state index in [0.717, 1.165) is 11.8 Å². The van der Waals surface area contributed by atoms with E-state index in [4.69, 9.17) is 11.6 Å². The molecule has 0 radical (unpaired) electrons. The SMILES string of the molecule is CC(C)NC(=O)[C@H](Cc1ccccc1)N(Cc1ccc(F)cc1)C(=O)CCCN(c1ccc(Cl)cc1)S(C)(=O)=O. The van der Waals surface area contributed by atoms with Crippen molar-refractivity contribution in [1.82, 2.24) is 10.2 Å². The summed E-state index contributed by atoms with van der Waals surface area (Å²) in [6.45, 7) is 3.85. The van der Waals surface area contributed by atoms with E-state index >= 15 is 0 Å². The Hall–Kier alpha value is -3.43. The summed E-state index contributed by atoms with van der Waals surface area (Å²) >= 11 is 5.96. The van der Waals surface area contributed by atoms with Crippen molar-refractivity contribution in [1.29, 1.82) is 0 Å². The van der Waals surface area contributed by atoms with E-state index in [0.29, 0.717) is 16.3 Å². The molecule has 0 heterocycles. The third-order valence-electron chi connectivity index (χ3n) is 6.23. The van der Waals surface area contributed by atoms with Crippen LogP contribution in [0.25, 0.3) is 0 Å². The van der Waals surface area contributed by atoms with Crippen LogP contribution in [0, 0.1) is 5.82 Å². The Labute approximate surface area is 241 Å². The third kappa shape index (κ3) is 9.34. The molecule has 0 spiro atoms. The van der Waals surface area contributed by atoms with Crippen molar-refractivity contribution < 1.29 is 22.4 Å². The number of carbonyl (C=O) groups is 2. The standard InChI is InChI=1S/C30H35ClFN3O4S/c1-22(2)33-30(37)28(20-23-8-5-4-6-9-23)34(21-24-11-15-26(32)16-12-24)29(36)10-7-19-35(40(3,38)39)27-17-13-25(31)14-18-27/h4-6,8-9,11-18,22,28H,7,10,19-21H2,1-3H3,(H,33,37)/t28-/m0/s1. The van der Waals surface area contributed by atoms with Gasteiger partial charge in [-0.1, -0.05) is 54.1 Å². The van der Waals surface area contributed by atoms with Gasteiger partial charge in [0.1, 0.15) is 11.9 Å². The molecule has 214 valence electrons. The second-order valence-corrected chi connectivity index (χ2v) is 12.3. The first kappa shape index (κ1) is 31.1. The Morgan fingerprint density at radius 2 is 1.55 bits per heavy atom. The second-order valence-electron chi connectivity index (χ2n) is 9.93. The van der Waals surface area contributed by atoms with Crippen molar-refractivity contribution in [3.63, 3.8) is 0 Å². The van der Waals surface area contributed by atoms with Gasteiger partial charge in [-0.25, -0.2) is 12.8 Å². The smallest absolute Gasteiger partial charge is 0.243 e. The van der Waals surface area contributed by atoms with Gasteiger partial charge in [-0.15, -0.1) is 0 Å². The van der Waals surface area contributed by atoms with Crippen molar-refractivity contribution in [2.24, 2.45) is 0 Å². The zero-order valence-electron chi connectivity index (χ0n) is 22.9. The average molecular weight is 588 g/mol. The maximum Gasteiger partial charge on any atom is 0.243 e. The topological polar surface area (TPSA) is 86.8 Å². The molecule has 2 amide bonds. The molecule has 0 fully saturated rings. The van der Waals surface area contributed by atoms with Gasteiger partial charge in [-0.05, 0) is 67.8 Å². The van der Waals surface area contributed by atoms with Crippen LogP contribution in [0.1, 0.15) is 37.8 Å². The first-order valence-corrected chi connectivity index (χ1v) is 15.3. The average Bonchev–Trinajstić information content (AvgIpc) is 2.90. The fraction of sp³-hybridized carbons (Fsp3) is 0.333. The number of carbonyl (C=O) groups excluding carboxylic acids is 2. The normalized spacial score (nSPS) is 12.2. The molecule has 0 saturated heterocycles. The van der Waals surface area contributed by atoms with E-state index in [1.807, 2.05) is 44.2 Å². The zero-order chi connectivity index (χ0) is 29.3. The number of halogens is 2. The van der Waals surface area contributed by atoms with Gasteiger partial charge in [0, 0.05) is 37.0 Å². The molecule has 0 aromatic heterocycles. The van der Waals surface area contributed by atoms with E-state index in [2.05, 4.69) is 5.32 Å². The lowest BCUT2D eigenvalue weighted by molar-refractivity contribution is -0.141. The van der Waals surface area contributed by atoms with Crippen molar-refractivity contribution in [2.75, 3.05) is 17.1 Å². The first-order valence-electron chi connectivity index (χ1n) is 13.1. The van der Waals surface area contributed by atoms with Crippen molar-refractivity contribution in [2.45, 2.75) is 51.7 Å². The second kappa shape index (κ2) is 14.3. The van der Waals surface area contributed by atoms with Gasteiger partial charge in [0.15, 0.2) is 0 Å². The minimum atomic E-state index is -3.62. The van der Waals surface area contributed by atoms with Crippen LogP contribution in [-0.2, 0) is 32.6 Å². The lowest BCUT2D eigenvalue weighted by Gasteiger charge is -2.32. The number of amides is 2. The highest BCUT2D eigenvalue weighted by molar-refractivity contribution is 7.92. The number of nitrogens with zero attached hydrogens (tertiary/aromatic N) is 2. The Kier molecular flexibility index (Phi) is 11.1. The van der Waals surface area contributed by atoms with Gasteiger partial charge in [-0.2, -0.15) is 0 Å². The Bertz CT molecular complexity index is 1370. The molecule has 40 heavy (non-hydrogen) atoms. The minimum absolute atomic E-state index is 0.00104. The van der Waals surface area contributed by atoms with E-state index in [1.54, 1.807) is 36.4 Å². The van der Waals surface area contributed by atoms with Gasteiger partial charge in [0.2, 0.25) is 21.8 Å². The molecule has 3 aromatic carbocycles. The molecule has 1 N–H and O–H groups in total. The van der Waals surface area contributed by atoms with Crippen LogP contribution < -0.4 is 9.62 Å². The summed E-state index contributed by atoms with van der Waals surface area (Å²) < 4.78 is 39.9. The number of benzene rings is 3. The van der Waals surface area contributed by atoms with Crippen LogP contribution in [0.2, 0.25) is 5.02 Å². The van der Waals surface area contributed by atoms with Crippen molar-refractivity contribution in [3.8, 4) is 0 Å². The fourth-order valence-corrected chi connectivity index (χ4v) is 5.42. The first-order chi connectivity index (χ1) is 18.9. The molecular weight excluding hydrogens is 553 g/mol. The predicted molar refractivity (Wildman–Crippen MR) is 157 cm³/mol. The number of hydrogen-bond acceptors (Lipinski definition) is 4. The number of nitrogens with one attached hydrogen (secondary N) is 1. The number of hydrogen-bond donors (Lipinski definition) is 1. The van der Waals surface area contributed by atoms with Gasteiger partial charge < -0.3 is 10.2 Å². The molecule has 10 heteroatoms. The monoisotopic (exact) mass is 587 g/mol. The van der Waals surface area contributed by atoms with Gasteiger partial charge >= 0.3 is 0 Å². The van der Waals surface area contributed by atoms with Crippen LogP contribution in [0.3, 0.4) is 0 Å². The largest absolute Gasteiger partial charge is 0.352 e. The quantitative estimate of drug-likeness (QED) is 0.298. The summed E-state index contributed by atoms with van der Waals surface area (Å²) in [5.41, 5.74) is 2.00. The van der Waals surface area contributed by atoms with Crippen LogP contribution >= 0.6 is 11.6 Å². The molecule has 0 saturated carbocycles. The molecule has 0 aliphatic heterocycles. The Morgan fingerprint density at radius 3 is 2.12 bits per heavy atom. The van der Waals surface area contributed by atoms with Gasteiger partial charge in [0.05, 0.1) is 11.9 Å². The maximum atomic E-state index is 13.7. The number of anilines is 1. The lowest BCUT2D eigenvalue weighted by atomic mass is 10.0. The summed E-state index contributed by atoms with van der Waals surface area (Å²) in [5.74, 6) is -1.01. The van der Waals surface area contributed by atoms with E-state index in [1.165, 1.54) is 21.3 Å². The third-order valence-corrected chi connectivity index (χ3v) is 7.68. The van der Waals surface area contributed by atoms with Crippen molar-refractivity contribution >= 4 is 39.1 Å². The van der Waals surface area contributed by atoms with Crippen LogP contribution in [0.15, 0.2) is 78.9 Å². The summed E-state index contributed by atoms with van der Waals surface area (Å²) in [5, 5.41) is 3.40. The molecule has 3 aromatic rings. The highest BCUT2D eigenvalue weighted by atomic mass is 35.5. The maximum absolute atomic E-state index is 13.7. The Balaban J connectivity index is 1.87. The van der Waals surface area contributed by atoms with E-state index < -0.39 is 21.9 Å². The van der Waals surface area contributed by atoms with Gasteiger partial charge in [-0.3, -0.25) is 13.9 Å². The molecule has 0 aliphatic carbocycles. The molecule has 1 atom stereocenters. The predicted octanol–water partition coefficient (Wildman–Crippen LogP) is 5.19. The highest BCUT2D eigenvalue weighted by Gasteiger charge is 2.31. The number of rotatable bonds is 13. The van der Waals surface area contributed by atoms with Crippen LogP contribution in [0.5, 0.6) is 0 Å². The molecule has 0 unspecified atom stereocenters. The summed E-state index contributed by atoms with van der Waals surface area (Å²) in [6.07, 6.45) is 1.61. The van der Waals surface area contributed by atoms with Crippen molar-refractivity contribution in [3.05, 3.63) is 101 Å². The van der Waals surface area contributed by atoms with E-state index in [9.17, 15) is 22.4 Å². The summed E-state index contributed by atoms with van der Waals surface area (Å²) in [7, 11) is -3.62. The summed E-state index contributed by atoms with van der Waals surface area (Å²) in [4.78, 5) is 28.7. The molecule has 0 aliphatic rings. The molecular formula is C30H35ClFN3O4S. The lowest BCUT2D eigenvalue weighted by Crippen LogP contribution is -2.51. The van der Waals surface area contributed by atoms with E-state index in [-0.39, 0.29) is 50.2 Å². The molecule has 0 bridgehead atoms. The Morgan fingerprint density at radius 1 is 0.925 bits per heavy atom. The zero-order valence-corrected chi connectivity index (χ0v) is 24.5. The van der Waals surface area contributed by atoms with Gasteiger partial charge in [0.25, 0.3) is 0 Å². The summed E-state index contributed by atoms with van der Waals surface area (Å²) in [6, 6.07) is 20.7.